The molecule has 0 aliphatic heterocycles. The van der Waals surface area contributed by atoms with Gasteiger partial charge in [-0.25, -0.2) is 0 Å². The molecule has 0 saturated carbocycles. The van der Waals surface area contributed by atoms with E-state index in [9.17, 15) is 9.59 Å². The summed E-state index contributed by atoms with van der Waals surface area (Å²) in [6.07, 6.45) is -4.58. The van der Waals surface area contributed by atoms with Gasteiger partial charge in [-0.2, -0.15) is 0 Å². The van der Waals surface area contributed by atoms with Gasteiger partial charge in [0.15, 0.2) is 0 Å². The molecule has 9 nitrogen and oxygen atoms in total. The van der Waals surface area contributed by atoms with Crippen LogP contribution in [0.3, 0.4) is 0 Å². The Morgan fingerprint density at radius 3 is 1.33 bits per heavy atom. The number of hydrogen-bond acceptors (Lipinski definition) is 7. The maximum absolute atomic E-state index is 9.66. The van der Waals surface area contributed by atoms with Crippen molar-refractivity contribution in [1.82, 2.24) is 0 Å². The van der Waals surface area contributed by atoms with Crippen molar-refractivity contribution in [3.05, 3.63) is 0 Å². The molecule has 12 heavy (non-hydrogen) atoms. The van der Waals surface area contributed by atoms with E-state index in [1.165, 1.54) is 0 Å². The Bertz CT molecular complexity index is 190. The molecular formula is C2H5O9P. The number of carbonyl (C=O) groups is 2. The average Bonchev–Trinajstić information content (AvgIpc) is 1.49. The second-order valence-electron chi connectivity index (χ2n) is 1.55. The molecule has 0 aliphatic rings. The second kappa shape index (κ2) is 2.72. The van der Waals surface area contributed by atoms with Gasteiger partial charge in [-0.15, -0.1) is 0 Å². The van der Waals surface area contributed by atoms with Gasteiger partial charge < -0.3 is 0 Å². The average molecular weight is 204 g/mol. The molecule has 0 aromatic carbocycles. The first-order valence-corrected chi connectivity index (χ1v) is 4.16. The van der Waals surface area contributed by atoms with E-state index in [-0.39, 0.29) is 0 Å². The van der Waals surface area contributed by atoms with Crippen molar-refractivity contribution >= 4 is 20.0 Å². The number of rotatable bonds is 2. The minimum atomic E-state index is -6.49. The van der Waals surface area contributed by atoms with Gasteiger partial charge in [-0.1, -0.05) is 0 Å². The molecule has 0 bridgehead atoms. The summed E-state index contributed by atoms with van der Waals surface area (Å²) in [5, 5.41) is 15.6. The van der Waals surface area contributed by atoms with Crippen LogP contribution in [0.2, 0.25) is 0 Å². The summed E-state index contributed by atoms with van der Waals surface area (Å²) < 4.78 is 6.09. The van der Waals surface area contributed by atoms with Gasteiger partial charge in [0.1, 0.15) is 0 Å². The molecule has 0 unspecified atom stereocenters. The summed E-state index contributed by atoms with van der Waals surface area (Å²) in [5.74, 6) is 0. The van der Waals surface area contributed by atoms with Gasteiger partial charge in [0.2, 0.25) is 0 Å². The molecule has 0 aromatic heterocycles. The first kappa shape index (κ1) is 10.8. The molecule has 0 aliphatic carbocycles. The molecule has 0 rings (SSSR count). The molecule has 0 atom stereocenters. The minimum absolute atomic E-state index is 2.29. The summed E-state index contributed by atoms with van der Waals surface area (Å²) in [7, 11) is -6.49. The maximum atomic E-state index is 9.66. The zero-order valence-corrected chi connectivity index (χ0v) is 6.21. The Balaban J connectivity index is 4.49. The van der Waals surface area contributed by atoms with Crippen LogP contribution in [-0.4, -0.2) is 37.2 Å². The van der Waals surface area contributed by atoms with Crippen LogP contribution in [0.25, 0.3) is 0 Å². The molecule has 0 aromatic rings. The second-order valence-corrected chi connectivity index (χ2v) is 3.58. The van der Waals surface area contributed by atoms with Crippen LogP contribution in [0.5, 0.6) is 0 Å². The van der Waals surface area contributed by atoms with Gasteiger partial charge >= 0.3 is 63.6 Å². The number of carboxylic acid groups (broad SMARTS) is 2. The predicted octanol–water partition coefficient (Wildman–Crippen LogP) is -0.519. The van der Waals surface area contributed by atoms with Gasteiger partial charge in [0.25, 0.3) is 0 Å². The molecule has 0 heterocycles. The fraction of sp³-hybridized carbons (Fsp3) is 0. The third kappa shape index (κ3) is 4.63. The molecule has 0 radical (unpaired) electrons. The molecule has 0 fully saturated rings. The summed E-state index contributed by atoms with van der Waals surface area (Å²) >= 11 is 0. The third-order valence-electron chi connectivity index (χ3n) is 0.476. The molecular weight excluding hydrogens is 199 g/mol. The SMILES string of the molecule is O=C(O)OP(O)(O)(O)OC(=O)O. The van der Waals surface area contributed by atoms with E-state index in [0.717, 1.165) is 0 Å². The summed E-state index contributed by atoms with van der Waals surface area (Å²) in [4.78, 5) is 44.4. The Kier molecular flexibility index (Phi) is 2.46. The van der Waals surface area contributed by atoms with E-state index < -0.39 is 20.0 Å². The first-order chi connectivity index (χ1) is 5.10. The summed E-state index contributed by atoms with van der Waals surface area (Å²) in [6, 6.07) is 0. The van der Waals surface area contributed by atoms with E-state index >= 15 is 0 Å². The van der Waals surface area contributed by atoms with Crippen LogP contribution in [0.15, 0.2) is 0 Å². The zero-order chi connectivity index (χ0) is 10.0. The van der Waals surface area contributed by atoms with Gasteiger partial charge in [0, 0.05) is 0 Å². The fourth-order valence-electron chi connectivity index (χ4n) is 0.292. The van der Waals surface area contributed by atoms with Crippen molar-refractivity contribution in [3.8, 4) is 0 Å². The van der Waals surface area contributed by atoms with E-state index in [2.05, 4.69) is 9.05 Å². The van der Waals surface area contributed by atoms with E-state index in [1.54, 1.807) is 0 Å². The third-order valence-corrected chi connectivity index (χ3v) is 1.43. The van der Waals surface area contributed by atoms with Crippen molar-refractivity contribution < 1.29 is 43.5 Å². The molecule has 0 saturated heterocycles. The molecule has 72 valence electrons. The molecule has 5 N–H and O–H groups in total. The van der Waals surface area contributed by atoms with E-state index in [4.69, 9.17) is 24.9 Å². The van der Waals surface area contributed by atoms with Crippen LogP contribution >= 0.6 is 7.74 Å². The van der Waals surface area contributed by atoms with Crippen molar-refractivity contribution in [3.63, 3.8) is 0 Å². The Labute approximate surface area is 64.7 Å². The monoisotopic (exact) mass is 204 g/mol. The Hall–Kier alpha value is -1.15. The van der Waals surface area contributed by atoms with E-state index in [0.29, 0.717) is 0 Å². The first-order valence-electron chi connectivity index (χ1n) is 2.23. The summed E-state index contributed by atoms with van der Waals surface area (Å²) in [6.45, 7) is 0. The predicted molar refractivity (Wildman–Crippen MR) is 31.8 cm³/mol. The van der Waals surface area contributed by atoms with Crippen molar-refractivity contribution in [1.29, 1.82) is 0 Å². The Morgan fingerprint density at radius 2 is 1.17 bits per heavy atom. The van der Waals surface area contributed by atoms with Crippen molar-refractivity contribution in [2.24, 2.45) is 0 Å². The molecule has 0 spiro atoms. The van der Waals surface area contributed by atoms with Crippen LogP contribution in [0.1, 0.15) is 0 Å². The van der Waals surface area contributed by atoms with Gasteiger partial charge in [-0.05, 0) is 0 Å². The molecule has 10 heteroatoms. The fourth-order valence-corrected chi connectivity index (χ4v) is 0.876. The van der Waals surface area contributed by atoms with Crippen LogP contribution in [-0.2, 0) is 9.05 Å². The number of hydrogen-bond donors (Lipinski definition) is 5. The standard InChI is InChI=1S/C2H5O9P/c3-1(4)10-12(7,8,9)11-2(5)6/h7-9H,(H,3,4)(H,5,6). The quantitative estimate of drug-likeness (QED) is 0.373. The zero-order valence-electron chi connectivity index (χ0n) is 5.32. The van der Waals surface area contributed by atoms with E-state index in [1.807, 2.05) is 0 Å². The van der Waals surface area contributed by atoms with Crippen LogP contribution < -0.4 is 0 Å². The van der Waals surface area contributed by atoms with Crippen molar-refractivity contribution in [2.75, 3.05) is 0 Å². The summed E-state index contributed by atoms with van der Waals surface area (Å²) in [5.41, 5.74) is 0. The van der Waals surface area contributed by atoms with Gasteiger partial charge in [-0.3, -0.25) is 0 Å². The normalized spacial score (nSPS) is 14.1. The molecule has 0 amide bonds. The van der Waals surface area contributed by atoms with Crippen molar-refractivity contribution in [2.45, 2.75) is 0 Å². The topological polar surface area (TPSA) is 154 Å². The van der Waals surface area contributed by atoms with Gasteiger partial charge in [0.05, 0.1) is 0 Å². The van der Waals surface area contributed by atoms with Crippen LogP contribution in [0, 0.1) is 0 Å². The Morgan fingerprint density at radius 1 is 0.917 bits per heavy atom. The van der Waals surface area contributed by atoms with Crippen LogP contribution in [0.4, 0.5) is 9.59 Å².